The molecular weight excluding hydrogens is 408 g/mol. The number of benzene rings is 2. The number of amides is 1. The van der Waals surface area contributed by atoms with E-state index in [1.807, 2.05) is 30.3 Å². The Labute approximate surface area is 188 Å². The number of hydrogen-bond acceptors (Lipinski definition) is 4. The normalized spacial score (nSPS) is 16.9. The van der Waals surface area contributed by atoms with Crippen molar-refractivity contribution in [2.75, 3.05) is 31.5 Å². The van der Waals surface area contributed by atoms with Crippen molar-refractivity contribution in [1.29, 1.82) is 0 Å². The van der Waals surface area contributed by atoms with Gasteiger partial charge in [-0.2, -0.15) is 0 Å². The number of likely N-dealkylation sites (tertiary alicyclic amines) is 1. The van der Waals surface area contributed by atoms with Gasteiger partial charge in [-0.05, 0) is 55.6 Å². The number of nitrogens with one attached hydrogen (secondary N) is 2. The van der Waals surface area contributed by atoms with E-state index in [2.05, 4.69) is 44.8 Å². The zero-order chi connectivity index (χ0) is 21.5. The predicted molar refractivity (Wildman–Crippen MR) is 127 cm³/mol. The first kappa shape index (κ1) is 21.6. The molecule has 3 aromatic rings. The molecule has 0 spiro atoms. The van der Waals surface area contributed by atoms with Crippen LogP contribution in [0.1, 0.15) is 24.8 Å². The van der Waals surface area contributed by atoms with Gasteiger partial charge in [-0.15, -0.1) is 0 Å². The van der Waals surface area contributed by atoms with Crippen molar-refractivity contribution in [3.63, 3.8) is 0 Å². The lowest BCUT2D eigenvalue weighted by Crippen LogP contribution is -2.43. The van der Waals surface area contributed by atoms with Gasteiger partial charge in [0.15, 0.2) is 0 Å². The van der Waals surface area contributed by atoms with Gasteiger partial charge in [-0.1, -0.05) is 41.9 Å². The summed E-state index contributed by atoms with van der Waals surface area (Å²) < 4.78 is 0. The Balaban J connectivity index is 1.20. The molecule has 6 heteroatoms. The summed E-state index contributed by atoms with van der Waals surface area (Å²) in [4.78, 5) is 19.4. The first-order valence-electron chi connectivity index (χ1n) is 11.0. The molecule has 1 atom stereocenters. The molecule has 0 unspecified atom stereocenters. The first-order chi connectivity index (χ1) is 15.2. The second-order valence-electron chi connectivity index (χ2n) is 8.15. The van der Waals surface area contributed by atoms with Crippen molar-refractivity contribution >= 4 is 34.1 Å². The molecule has 1 fully saturated rings. The molecule has 2 heterocycles. The van der Waals surface area contributed by atoms with E-state index in [1.54, 1.807) is 6.20 Å². The molecule has 4 rings (SSSR count). The van der Waals surface area contributed by atoms with Crippen LogP contribution in [0.15, 0.2) is 60.8 Å². The number of carbonyl (C=O) groups is 1. The lowest BCUT2D eigenvalue weighted by Gasteiger charge is -2.32. The first-order valence-corrected chi connectivity index (χ1v) is 11.4. The number of halogens is 1. The molecule has 0 saturated carbocycles. The summed E-state index contributed by atoms with van der Waals surface area (Å²) in [6, 6.07) is 18.2. The van der Waals surface area contributed by atoms with Crippen molar-refractivity contribution in [1.82, 2.24) is 15.2 Å². The van der Waals surface area contributed by atoms with Gasteiger partial charge in [-0.3, -0.25) is 14.7 Å². The molecule has 0 bridgehead atoms. The number of hydrogen-bond donors (Lipinski definition) is 2. The Morgan fingerprint density at radius 1 is 1.13 bits per heavy atom. The molecule has 0 radical (unpaired) electrons. The van der Waals surface area contributed by atoms with Gasteiger partial charge in [0.1, 0.15) is 0 Å². The van der Waals surface area contributed by atoms with E-state index in [4.69, 9.17) is 11.6 Å². The molecule has 2 N–H and O–H groups in total. The van der Waals surface area contributed by atoms with Crippen LogP contribution in [0.5, 0.6) is 0 Å². The van der Waals surface area contributed by atoms with Gasteiger partial charge in [0.25, 0.3) is 0 Å². The smallest absolute Gasteiger partial charge is 0.224 e. The molecule has 5 nitrogen and oxygen atoms in total. The van der Waals surface area contributed by atoms with E-state index in [1.165, 1.54) is 5.56 Å². The molecule has 0 aliphatic carbocycles. The summed E-state index contributed by atoms with van der Waals surface area (Å²) in [5.41, 5.74) is 3.22. The van der Waals surface area contributed by atoms with Crippen molar-refractivity contribution < 1.29 is 4.79 Å². The number of pyridine rings is 1. The average molecular weight is 437 g/mol. The van der Waals surface area contributed by atoms with Gasteiger partial charge in [0, 0.05) is 48.5 Å². The highest BCUT2D eigenvalue weighted by molar-refractivity contribution is 6.31. The van der Waals surface area contributed by atoms with Crippen molar-refractivity contribution in [2.24, 2.45) is 5.92 Å². The molecule has 1 aliphatic heterocycles. The highest BCUT2D eigenvalue weighted by atomic mass is 35.5. The van der Waals surface area contributed by atoms with E-state index in [0.29, 0.717) is 11.6 Å². The summed E-state index contributed by atoms with van der Waals surface area (Å²) >= 11 is 6.06. The fourth-order valence-corrected chi connectivity index (χ4v) is 4.36. The van der Waals surface area contributed by atoms with Gasteiger partial charge < -0.3 is 10.6 Å². The average Bonchev–Trinajstić information content (AvgIpc) is 2.79. The molecule has 2 aromatic carbocycles. The second kappa shape index (κ2) is 10.6. The number of piperidine rings is 1. The van der Waals surface area contributed by atoms with Gasteiger partial charge in [0.05, 0.1) is 11.4 Å². The Kier molecular flexibility index (Phi) is 7.39. The molecule has 162 valence electrons. The molecule has 1 aliphatic rings. The number of carbonyl (C=O) groups excluding carboxylic acids is 1. The maximum atomic E-state index is 12.7. The van der Waals surface area contributed by atoms with Crippen molar-refractivity contribution in [3.05, 3.63) is 71.4 Å². The summed E-state index contributed by atoms with van der Waals surface area (Å²) in [5.74, 6) is 0.265. The molecule has 1 saturated heterocycles. The van der Waals surface area contributed by atoms with E-state index < -0.39 is 0 Å². The fourth-order valence-electron chi connectivity index (χ4n) is 4.20. The largest absolute Gasteiger partial charge is 0.384 e. The van der Waals surface area contributed by atoms with Gasteiger partial charge in [0.2, 0.25) is 5.91 Å². The zero-order valence-electron chi connectivity index (χ0n) is 17.7. The number of anilines is 1. The highest BCUT2D eigenvalue weighted by Gasteiger charge is 2.25. The standard InChI is InChI=1S/C25H29ClN4O/c26-21-9-10-22-23(11-14-28-24(22)16-21)27-12-5-13-29-25(31)20-8-4-15-30(18-20)17-19-6-2-1-3-7-19/h1-3,6-7,9-11,14,16,20H,4-5,8,12-13,15,17-18H2,(H,27,28)(H,29,31)/t20-/m0/s1. The minimum absolute atomic E-state index is 0.0827. The van der Waals surface area contributed by atoms with Crippen LogP contribution in [0.2, 0.25) is 5.02 Å². The van der Waals surface area contributed by atoms with Crippen molar-refractivity contribution in [3.8, 4) is 0 Å². The molecular formula is C25H29ClN4O. The highest BCUT2D eigenvalue weighted by Crippen LogP contribution is 2.24. The van der Waals surface area contributed by atoms with Crippen LogP contribution in [0.4, 0.5) is 5.69 Å². The second-order valence-corrected chi connectivity index (χ2v) is 8.59. The lowest BCUT2D eigenvalue weighted by atomic mass is 9.96. The van der Waals surface area contributed by atoms with E-state index in [9.17, 15) is 4.79 Å². The zero-order valence-corrected chi connectivity index (χ0v) is 18.4. The van der Waals surface area contributed by atoms with E-state index in [-0.39, 0.29) is 11.8 Å². The van der Waals surface area contributed by atoms with Crippen LogP contribution in [0, 0.1) is 5.92 Å². The maximum absolute atomic E-state index is 12.7. The Bertz CT molecular complexity index is 1010. The third-order valence-corrected chi connectivity index (χ3v) is 6.03. The third-order valence-electron chi connectivity index (χ3n) is 5.80. The SMILES string of the molecule is O=C(NCCCNc1ccnc2cc(Cl)ccc12)[C@H]1CCCN(Cc2ccccc2)C1. The Morgan fingerprint density at radius 2 is 2.00 bits per heavy atom. The van der Waals surface area contributed by atoms with Crippen LogP contribution in [0.25, 0.3) is 10.9 Å². The van der Waals surface area contributed by atoms with Crippen LogP contribution < -0.4 is 10.6 Å². The van der Waals surface area contributed by atoms with Crippen molar-refractivity contribution in [2.45, 2.75) is 25.8 Å². The number of aromatic nitrogens is 1. The fraction of sp³-hybridized carbons (Fsp3) is 0.360. The Morgan fingerprint density at radius 3 is 2.87 bits per heavy atom. The summed E-state index contributed by atoms with van der Waals surface area (Å²) in [5, 5.41) is 8.32. The van der Waals surface area contributed by atoms with Crippen LogP contribution in [-0.4, -0.2) is 42.0 Å². The van der Waals surface area contributed by atoms with Crippen LogP contribution in [0.3, 0.4) is 0 Å². The van der Waals surface area contributed by atoms with E-state index in [0.717, 1.165) is 62.0 Å². The summed E-state index contributed by atoms with van der Waals surface area (Å²) in [6.07, 6.45) is 4.70. The molecule has 1 aromatic heterocycles. The van der Waals surface area contributed by atoms with Gasteiger partial charge in [-0.25, -0.2) is 0 Å². The summed E-state index contributed by atoms with van der Waals surface area (Å²) in [6.45, 7) is 4.28. The van der Waals surface area contributed by atoms with Crippen LogP contribution in [-0.2, 0) is 11.3 Å². The number of rotatable bonds is 8. The Hall–Kier alpha value is -2.63. The minimum Gasteiger partial charge on any atom is -0.384 e. The van der Waals surface area contributed by atoms with E-state index >= 15 is 0 Å². The lowest BCUT2D eigenvalue weighted by molar-refractivity contribution is -0.126. The maximum Gasteiger partial charge on any atom is 0.224 e. The number of nitrogens with zero attached hydrogens (tertiary/aromatic N) is 2. The predicted octanol–water partition coefficient (Wildman–Crippen LogP) is 4.72. The number of fused-ring (bicyclic) bond motifs is 1. The molecule has 1 amide bonds. The van der Waals surface area contributed by atoms with Gasteiger partial charge >= 0.3 is 0 Å². The minimum atomic E-state index is 0.0827. The quantitative estimate of drug-likeness (QED) is 0.502. The monoisotopic (exact) mass is 436 g/mol. The topological polar surface area (TPSA) is 57.3 Å². The third kappa shape index (κ3) is 5.96. The van der Waals surface area contributed by atoms with Crippen LogP contribution >= 0.6 is 11.6 Å². The molecule has 31 heavy (non-hydrogen) atoms. The summed E-state index contributed by atoms with van der Waals surface area (Å²) in [7, 11) is 0.